The van der Waals surface area contributed by atoms with Crippen LogP contribution in [0.15, 0.2) is 47.4 Å². The van der Waals surface area contributed by atoms with Crippen molar-refractivity contribution >= 4 is 27.5 Å². The van der Waals surface area contributed by atoms with Crippen molar-refractivity contribution in [1.82, 2.24) is 10.0 Å². The Hall–Kier alpha value is -2.16. The molecule has 27 heavy (non-hydrogen) atoms. The van der Waals surface area contributed by atoms with Crippen LogP contribution < -0.4 is 14.8 Å². The lowest BCUT2D eigenvalue weighted by Gasteiger charge is -2.19. The number of halogens is 2. The number of amides is 1. The first kappa shape index (κ1) is 21.1. The lowest BCUT2D eigenvalue weighted by molar-refractivity contribution is -0.123. The fourth-order valence-electron chi connectivity index (χ4n) is 2.34. The molecule has 2 atom stereocenters. The summed E-state index contributed by atoms with van der Waals surface area (Å²) in [4.78, 5) is 12.2. The van der Waals surface area contributed by atoms with E-state index in [2.05, 4.69) is 10.0 Å². The summed E-state index contributed by atoms with van der Waals surface area (Å²) in [6.07, 6.45) is 0. The molecule has 2 N–H and O–H groups in total. The third kappa shape index (κ3) is 5.41. The highest BCUT2D eigenvalue weighted by Crippen LogP contribution is 2.27. The summed E-state index contributed by atoms with van der Waals surface area (Å²) in [6.45, 7) is 3.14. The molecule has 6 nitrogen and oxygen atoms in total. The van der Waals surface area contributed by atoms with Gasteiger partial charge in [-0.05, 0) is 49.7 Å². The Kier molecular flexibility index (Phi) is 6.80. The number of rotatable bonds is 7. The van der Waals surface area contributed by atoms with Crippen LogP contribution in [0.5, 0.6) is 5.75 Å². The number of ether oxygens (including phenoxy) is 1. The van der Waals surface area contributed by atoms with Gasteiger partial charge in [0.25, 0.3) is 0 Å². The molecule has 0 fully saturated rings. The van der Waals surface area contributed by atoms with Gasteiger partial charge >= 0.3 is 0 Å². The Labute approximate surface area is 162 Å². The van der Waals surface area contributed by atoms with E-state index in [9.17, 15) is 17.6 Å². The van der Waals surface area contributed by atoms with Gasteiger partial charge in [-0.2, -0.15) is 4.72 Å². The summed E-state index contributed by atoms with van der Waals surface area (Å²) >= 11 is 5.96. The molecule has 0 spiro atoms. The van der Waals surface area contributed by atoms with Crippen LogP contribution in [0.1, 0.15) is 25.5 Å². The third-order valence-electron chi connectivity index (χ3n) is 3.89. The van der Waals surface area contributed by atoms with E-state index in [0.717, 1.165) is 0 Å². The summed E-state index contributed by atoms with van der Waals surface area (Å²) in [6, 6.07) is 8.24. The SMILES string of the molecule is COc1ccc(S(=O)(=O)N[C@H](C)C(=O)N[C@@H](C)c2ccc(F)cc2)cc1Cl. The minimum atomic E-state index is -3.96. The molecule has 2 aromatic carbocycles. The second-order valence-corrected chi connectivity index (χ2v) is 8.04. The standard InChI is InChI=1S/C18H20ClFN2O4S/c1-11(13-4-6-14(20)7-5-13)21-18(23)12(2)22-27(24,25)15-8-9-17(26-3)16(19)10-15/h4-12,22H,1-3H3,(H,21,23)/t11-,12+/m0/s1. The average molecular weight is 415 g/mol. The molecular weight excluding hydrogens is 395 g/mol. The van der Waals surface area contributed by atoms with E-state index in [1.54, 1.807) is 19.1 Å². The number of hydrogen-bond acceptors (Lipinski definition) is 4. The molecule has 2 aromatic rings. The molecule has 0 aliphatic heterocycles. The first-order valence-electron chi connectivity index (χ1n) is 8.05. The van der Waals surface area contributed by atoms with Crippen molar-refractivity contribution < 1.29 is 22.3 Å². The van der Waals surface area contributed by atoms with E-state index in [-0.39, 0.29) is 15.7 Å². The summed E-state index contributed by atoms with van der Waals surface area (Å²) in [7, 11) is -2.54. The predicted molar refractivity (Wildman–Crippen MR) is 101 cm³/mol. The van der Waals surface area contributed by atoms with Gasteiger partial charge in [0.1, 0.15) is 11.6 Å². The van der Waals surface area contributed by atoms with Crippen molar-refractivity contribution in [3.05, 3.63) is 58.9 Å². The van der Waals surface area contributed by atoms with Gasteiger partial charge in [0, 0.05) is 0 Å². The fraction of sp³-hybridized carbons (Fsp3) is 0.278. The molecule has 0 aliphatic carbocycles. The van der Waals surface area contributed by atoms with E-state index in [1.165, 1.54) is 44.4 Å². The third-order valence-corrected chi connectivity index (χ3v) is 5.72. The molecule has 2 rings (SSSR count). The Balaban J connectivity index is 2.06. The van der Waals surface area contributed by atoms with Gasteiger partial charge in [0.2, 0.25) is 15.9 Å². The van der Waals surface area contributed by atoms with Crippen LogP contribution in [0.4, 0.5) is 4.39 Å². The molecule has 0 saturated carbocycles. The van der Waals surface area contributed by atoms with Crippen molar-refractivity contribution in [2.45, 2.75) is 30.8 Å². The first-order valence-corrected chi connectivity index (χ1v) is 9.92. The fourth-order valence-corrected chi connectivity index (χ4v) is 3.89. The molecule has 9 heteroatoms. The Morgan fingerprint density at radius 1 is 1.15 bits per heavy atom. The van der Waals surface area contributed by atoms with Crippen LogP contribution in [-0.2, 0) is 14.8 Å². The summed E-state index contributed by atoms with van der Waals surface area (Å²) in [5, 5.41) is 2.83. The maximum atomic E-state index is 13.0. The van der Waals surface area contributed by atoms with Gasteiger partial charge < -0.3 is 10.1 Å². The van der Waals surface area contributed by atoms with Crippen LogP contribution in [0, 0.1) is 5.82 Å². The maximum absolute atomic E-state index is 13.0. The molecule has 0 aromatic heterocycles. The zero-order valence-electron chi connectivity index (χ0n) is 15.0. The second kappa shape index (κ2) is 8.69. The number of nitrogens with one attached hydrogen (secondary N) is 2. The Morgan fingerprint density at radius 2 is 1.78 bits per heavy atom. The lowest BCUT2D eigenvalue weighted by Crippen LogP contribution is -2.45. The van der Waals surface area contributed by atoms with Gasteiger partial charge in [-0.15, -0.1) is 0 Å². The highest BCUT2D eigenvalue weighted by molar-refractivity contribution is 7.89. The highest BCUT2D eigenvalue weighted by Gasteiger charge is 2.24. The summed E-state index contributed by atoms with van der Waals surface area (Å²) < 4.78 is 45.2. The van der Waals surface area contributed by atoms with Crippen molar-refractivity contribution in [2.24, 2.45) is 0 Å². The van der Waals surface area contributed by atoms with Gasteiger partial charge in [-0.3, -0.25) is 4.79 Å². The minimum Gasteiger partial charge on any atom is -0.495 e. The predicted octanol–water partition coefficient (Wildman–Crippen LogP) is 3.03. The van der Waals surface area contributed by atoms with E-state index >= 15 is 0 Å². The van der Waals surface area contributed by atoms with Gasteiger partial charge in [0.15, 0.2) is 0 Å². The molecular formula is C18H20ClFN2O4S. The summed E-state index contributed by atoms with van der Waals surface area (Å²) in [5.74, 6) is -0.555. The number of hydrogen-bond donors (Lipinski definition) is 2. The van der Waals surface area contributed by atoms with Crippen molar-refractivity contribution in [2.75, 3.05) is 7.11 Å². The van der Waals surface area contributed by atoms with Crippen molar-refractivity contribution in [3.8, 4) is 5.75 Å². The lowest BCUT2D eigenvalue weighted by atomic mass is 10.1. The van der Waals surface area contributed by atoms with Gasteiger partial charge in [0.05, 0.1) is 29.1 Å². The number of benzene rings is 2. The van der Waals surface area contributed by atoms with Crippen LogP contribution in [0.25, 0.3) is 0 Å². The molecule has 0 heterocycles. The van der Waals surface area contributed by atoms with E-state index in [1.807, 2.05) is 0 Å². The van der Waals surface area contributed by atoms with Crippen LogP contribution in [-0.4, -0.2) is 27.5 Å². The first-order chi connectivity index (χ1) is 12.6. The van der Waals surface area contributed by atoms with Gasteiger partial charge in [-0.25, -0.2) is 12.8 Å². The minimum absolute atomic E-state index is 0.0838. The Bertz CT molecular complexity index is 919. The monoisotopic (exact) mass is 414 g/mol. The second-order valence-electron chi connectivity index (χ2n) is 5.92. The number of carbonyl (C=O) groups is 1. The number of sulfonamides is 1. The molecule has 0 saturated heterocycles. The number of methoxy groups -OCH3 is 1. The highest BCUT2D eigenvalue weighted by atomic mass is 35.5. The van der Waals surface area contributed by atoms with Gasteiger partial charge in [-0.1, -0.05) is 23.7 Å². The molecule has 0 radical (unpaired) electrons. The normalized spacial score (nSPS) is 13.7. The maximum Gasteiger partial charge on any atom is 0.241 e. The van der Waals surface area contributed by atoms with Crippen LogP contribution >= 0.6 is 11.6 Å². The van der Waals surface area contributed by atoms with Crippen molar-refractivity contribution in [1.29, 1.82) is 0 Å². The zero-order chi connectivity index (χ0) is 20.2. The molecule has 1 amide bonds. The van der Waals surface area contributed by atoms with Crippen LogP contribution in [0.2, 0.25) is 5.02 Å². The van der Waals surface area contributed by atoms with E-state index in [0.29, 0.717) is 11.3 Å². The quantitative estimate of drug-likeness (QED) is 0.729. The Morgan fingerprint density at radius 3 is 2.33 bits per heavy atom. The molecule has 146 valence electrons. The summed E-state index contributed by atoms with van der Waals surface area (Å²) in [5.41, 5.74) is 0.696. The topological polar surface area (TPSA) is 84.5 Å². The number of carbonyl (C=O) groups excluding carboxylic acids is 1. The van der Waals surface area contributed by atoms with Crippen molar-refractivity contribution in [3.63, 3.8) is 0 Å². The zero-order valence-corrected chi connectivity index (χ0v) is 16.6. The van der Waals surface area contributed by atoms with Crippen LogP contribution in [0.3, 0.4) is 0 Å². The molecule has 0 unspecified atom stereocenters. The molecule has 0 aliphatic rings. The smallest absolute Gasteiger partial charge is 0.241 e. The largest absolute Gasteiger partial charge is 0.495 e. The molecule has 0 bridgehead atoms. The van der Waals surface area contributed by atoms with E-state index in [4.69, 9.17) is 16.3 Å². The van der Waals surface area contributed by atoms with E-state index < -0.39 is 28.0 Å². The average Bonchev–Trinajstić information content (AvgIpc) is 2.61.